The van der Waals surface area contributed by atoms with Gasteiger partial charge in [-0.05, 0) is 41.8 Å². The first-order chi connectivity index (χ1) is 12.3. The van der Waals surface area contributed by atoms with Gasteiger partial charge in [0.05, 0.1) is 17.2 Å². The van der Waals surface area contributed by atoms with Gasteiger partial charge in [0.2, 0.25) is 0 Å². The molecular weight excluding hydrogens is 343 g/mol. The highest BCUT2D eigenvalue weighted by Gasteiger charge is 2.29. The lowest BCUT2D eigenvalue weighted by Gasteiger charge is -2.18. The van der Waals surface area contributed by atoms with Crippen molar-refractivity contribution in [2.75, 3.05) is 13.6 Å². The molecule has 136 valence electrons. The zero-order chi connectivity index (χ0) is 19.2. The van der Waals surface area contributed by atoms with Gasteiger partial charge in [0.25, 0.3) is 0 Å². The number of hydrogen-bond donors (Lipinski definition) is 1. The molecular formula is C19H18F3N3O. The number of nitrogens with one attached hydrogen (secondary N) is 1. The molecule has 2 rings (SSSR count). The van der Waals surface area contributed by atoms with E-state index in [0.29, 0.717) is 30.6 Å². The van der Waals surface area contributed by atoms with Gasteiger partial charge in [-0.25, -0.2) is 4.79 Å². The molecule has 0 saturated heterocycles. The standard InChI is InChI=1S/C19H18F3N3O/c1-25(13-16-4-2-3-15(11-16)12-23)18(26)24-10-9-14-5-7-17(8-6-14)19(20,21)22/h2-8,11H,9-10,13H2,1H3,(H,24,26). The second kappa shape index (κ2) is 8.39. The fraction of sp³-hybridized carbons (Fsp3) is 0.263. The molecule has 2 aromatic carbocycles. The van der Waals surface area contributed by atoms with E-state index in [-0.39, 0.29) is 6.03 Å². The van der Waals surface area contributed by atoms with E-state index in [1.165, 1.54) is 17.0 Å². The Morgan fingerprint density at radius 1 is 1.15 bits per heavy atom. The fourth-order valence-electron chi connectivity index (χ4n) is 2.39. The Morgan fingerprint density at radius 3 is 2.46 bits per heavy atom. The second-order valence-electron chi connectivity index (χ2n) is 5.84. The molecule has 2 amide bonds. The smallest absolute Gasteiger partial charge is 0.338 e. The van der Waals surface area contributed by atoms with E-state index in [9.17, 15) is 18.0 Å². The van der Waals surface area contributed by atoms with Crippen LogP contribution in [0.1, 0.15) is 22.3 Å². The van der Waals surface area contributed by atoms with Crippen LogP contribution in [0.2, 0.25) is 0 Å². The van der Waals surface area contributed by atoms with Gasteiger partial charge in [-0.15, -0.1) is 0 Å². The van der Waals surface area contributed by atoms with E-state index in [4.69, 9.17) is 5.26 Å². The average Bonchev–Trinajstić information content (AvgIpc) is 2.61. The number of hydrogen-bond acceptors (Lipinski definition) is 2. The third kappa shape index (κ3) is 5.52. The number of carbonyl (C=O) groups excluding carboxylic acids is 1. The highest BCUT2D eigenvalue weighted by Crippen LogP contribution is 2.29. The Bertz CT molecular complexity index is 795. The number of halogens is 3. The lowest BCUT2D eigenvalue weighted by molar-refractivity contribution is -0.137. The van der Waals surface area contributed by atoms with Crippen molar-refractivity contribution in [2.45, 2.75) is 19.1 Å². The minimum Gasteiger partial charge on any atom is -0.338 e. The molecule has 0 radical (unpaired) electrons. The van der Waals surface area contributed by atoms with Gasteiger partial charge >= 0.3 is 12.2 Å². The summed E-state index contributed by atoms with van der Waals surface area (Å²) in [6.45, 7) is 0.661. The Hall–Kier alpha value is -3.01. The number of amides is 2. The van der Waals surface area contributed by atoms with E-state index in [2.05, 4.69) is 5.32 Å². The number of nitrogens with zero attached hydrogens (tertiary/aromatic N) is 2. The topological polar surface area (TPSA) is 56.1 Å². The average molecular weight is 361 g/mol. The number of carbonyl (C=O) groups is 1. The second-order valence-corrected chi connectivity index (χ2v) is 5.84. The van der Waals surface area contributed by atoms with Crippen molar-refractivity contribution in [1.82, 2.24) is 10.2 Å². The summed E-state index contributed by atoms with van der Waals surface area (Å²) in [5.41, 5.74) is 1.38. The van der Waals surface area contributed by atoms with Crippen molar-refractivity contribution < 1.29 is 18.0 Å². The lowest BCUT2D eigenvalue weighted by atomic mass is 10.1. The minimum atomic E-state index is -4.35. The van der Waals surface area contributed by atoms with Crippen LogP contribution in [0.15, 0.2) is 48.5 Å². The predicted octanol–water partition coefficient (Wildman–Crippen LogP) is 3.96. The molecule has 0 heterocycles. The molecule has 0 saturated carbocycles. The molecule has 4 nitrogen and oxygen atoms in total. The monoisotopic (exact) mass is 361 g/mol. The quantitative estimate of drug-likeness (QED) is 0.876. The third-order valence-electron chi connectivity index (χ3n) is 3.79. The summed E-state index contributed by atoms with van der Waals surface area (Å²) in [7, 11) is 1.63. The van der Waals surface area contributed by atoms with Gasteiger partial charge in [0.15, 0.2) is 0 Å². The van der Waals surface area contributed by atoms with Gasteiger partial charge in [-0.2, -0.15) is 18.4 Å². The molecule has 0 aromatic heterocycles. The van der Waals surface area contributed by atoms with Crippen LogP contribution in [0, 0.1) is 11.3 Å². The van der Waals surface area contributed by atoms with Crippen LogP contribution in [0.5, 0.6) is 0 Å². The predicted molar refractivity (Wildman–Crippen MR) is 91.2 cm³/mol. The zero-order valence-corrected chi connectivity index (χ0v) is 14.2. The Balaban J connectivity index is 1.81. The van der Waals surface area contributed by atoms with Gasteiger partial charge in [0, 0.05) is 20.1 Å². The molecule has 7 heteroatoms. The highest BCUT2D eigenvalue weighted by atomic mass is 19.4. The van der Waals surface area contributed by atoms with Crippen LogP contribution < -0.4 is 5.32 Å². The molecule has 0 spiro atoms. The van der Waals surface area contributed by atoms with E-state index in [0.717, 1.165) is 17.7 Å². The normalized spacial score (nSPS) is 10.9. The molecule has 0 aliphatic carbocycles. The number of rotatable bonds is 5. The number of urea groups is 1. The molecule has 1 N–H and O–H groups in total. The van der Waals surface area contributed by atoms with Gasteiger partial charge in [0.1, 0.15) is 0 Å². The first-order valence-corrected chi connectivity index (χ1v) is 7.94. The molecule has 26 heavy (non-hydrogen) atoms. The molecule has 0 fully saturated rings. The Labute approximate surface area is 149 Å². The lowest BCUT2D eigenvalue weighted by Crippen LogP contribution is -2.37. The summed E-state index contributed by atoms with van der Waals surface area (Å²) < 4.78 is 37.5. The van der Waals surface area contributed by atoms with Crippen LogP contribution in [0.3, 0.4) is 0 Å². The number of benzene rings is 2. The Kier molecular flexibility index (Phi) is 6.23. The van der Waals surface area contributed by atoms with E-state index in [1.54, 1.807) is 25.2 Å². The van der Waals surface area contributed by atoms with Crippen LogP contribution >= 0.6 is 0 Å². The largest absolute Gasteiger partial charge is 0.416 e. The van der Waals surface area contributed by atoms with Crippen molar-refractivity contribution >= 4 is 6.03 Å². The molecule has 2 aromatic rings. The van der Waals surface area contributed by atoms with E-state index in [1.807, 2.05) is 12.1 Å². The summed E-state index contributed by atoms with van der Waals surface area (Å²) in [6, 6.07) is 13.6. The number of nitriles is 1. The van der Waals surface area contributed by atoms with Crippen molar-refractivity contribution in [3.8, 4) is 6.07 Å². The van der Waals surface area contributed by atoms with Crippen molar-refractivity contribution in [1.29, 1.82) is 5.26 Å². The van der Waals surface area contributed by atoms with E-state index < -0.39 is 11.7 Å². The SMILES string of the molecule is CN(Cc1cccc(C#N)c1)C(=O)NCCc1ccc(C(F)(F)F)cc1. The maximum Gasteiger partial charge on any atom is 0.416 e. The molecule has 0 aliphatic rings. The zero-order valence-electron chi connectivity index (χ0n) is 14.2. The highest BCUT2D eigenvalue weighted by molar-refractivity contribution is 5.73. The summed E-state index contributed by atoms with van der Waals surface area (Å²) in [5, 5.41) is 11.6. The van der Waals surface area contributed by atoms with Gasteiger partial charge in [-0.3, -0.25) is 0 Å². The summed E-state index contributed by atoms with van der Waals surface area (Å²) in [5.74, 6) is 0. The summed E-state index contributed by atoms with van der Waals surface area (Å²) in [6.07, 6.45) is -3.92. The van der Waals surface area contributed by atoms with Crippen molar-refractivity contribution in [3.05, 3.63) is 70.8 Å². The van der Waals surface area contributed by atoms with Crippen molar-refractivity contribution in [3.63, 3.8) is 0 Å². The van der Waals surface area contributed by atoms with Crippen LogP contribution in [0.4, 0.5) is 18.0 Å². The fourth-order valence-corrected chi connectivity index (χ4v) is 2.39. The van der Waals surface area contributed by atoms with Crippen LogP contribution in [0.25, 0.3) is 0 Å². The molecule has 0 atom stereocenters. The van der Waals surface area contributed by atoms with Gasteiger partial charge < -0.3 is 10.2 Å². The summed E-state index contributed by atoms with van der Waals surface area (Å²) in [4.78, 5) is 13.6. The first-order valence-electron chi connectivity index (χ1n) is 7.94. The van der Waals surface area contributed by atoms with Gasteiger partial charge in [-0.1, -0.05) is 24.3 Å². The van der Waals surface area contributed by atoms with Crippen molar-refractivity contribution in [2.24, 2.45) is 0 Å². The van der Waals surface area contributed by atoms with Crippen LogP contribution in [-0.4, -0.2) is 24.5 Å². The first kappa shape index (κ1) is 19.3. The Morgan fingerprint density at radius 2 is 1.85 bits per heavy atom. The minimum absolute atomic E-state index is 0.292. The maximum absolute atomic E-state index is 12.5. The third-order valence-corrected chi connectivity index (χ3v) is 3.79. The van der Waals surface area contributed by atoms with E-state index >= 15 is 0 Å². The van der Waals surface area contributed by atoms with Crippen LogP contribution in [-0.2, 0) is 19.1 Å². The molecule has 0 unspecified atom stereocenters. The maximum atomic E-state index is 12.5. The molecule has 0 aliphatic heterocycles. The summed E-state index contributed by atoms with van der Waals surface area (Å²) >= 11 is 0. The number of alkyl halides is 3. The molecule has 0 bridgehead atoms.